The predicted molar refractivity (Wildman–Crippen MR) is 104 cm³/mol. The fourth-order valence-electron chi connectivity index (χ4n) is 2.81. The Bertz CT molecular complexity index is 938. The number of hydrogen-bond acceptors (Lipinski definition) is 4. The highest BCUT2D eigenvalue weighted by Gasteiger charge is 2.25. The Balaban J connectivity index is 2.14. The first-order valence-electron chi connectivity index (χ1n) is 8.88. The van der Waals surface area contributed by atoms with E-state index in [4.69, 9.17) is 11.0 Å². The van der Waals surface area contributed by atoms with Gasteiger partial charge in [0, 0.05) is 19.8 Å². The lowest BCUT2D eigenvalue weighted by Gasteiger charge is -2.22. The van der Waals surface area contributed by atoms with E-state index >= 15 is 0 Å². The van der Waals surface area contributed by atoms with Crippen LogP contribution in [0.2, 0.25) is 0 Å². The average molecular weight is 396 g/mol. The van der Waals surface area contributed by atoms with Crippen LogP contribution in [0.4, 0.5) is 4.39 Å². The van der Waals surface area contributed by atoms with Crippen LogP contribution in [0.5, 0.6) is 0 Å². The second-order valence-electron chi connectivity index (χ2n) is 6.56. The molecule has 0 saturated heterocycles. The van der Waals surface area contributed by atoms with Crippen LogP contribution in [0.25, 0.3) is 0 Å². The summed E-state index contributed by atoms with van der Waals surface area (Å²) < 4.78 is 13.1. The summed E-state index contributed by atoms with van der Waals surface area (Å²) in [5.74, 6) is -2.18. The summed E-state index contributed by atoms with van der Waals surface area (Å²) in [4.78, 5) is 36.1. The molecule has 0 saturated carbocycles. The van der Waals surface area contributed by atoms with Gasteiger partial charge in [-0.05, 0) is 35.4 Å². The number of benzene rings is 2. The maximum absolute atomic E-state index is 13.1. The van der Waals surface area contributed by atoms with E-state index in [1.165, 1.54) is 31.2 Å². The number of amides is 3. The molecule has 0 bridgehead atoms. The minimum atomic E-state index is -1.03. The Morgan fingerprint density at radius 3 is 2.28 bits per heavy atom. The normalized spacial score (nSPS) is 12.3. The Morgan fingerprint density at radius 2 is 1.69 bits per heavy atom. The van der Waals surface area contributed by atoms with Gasteiger partial charge in [-0.15, -0.1) is 0 Å². The summed E-state index contributed by atoms with van der Waals surface area (Å²) in [5.41, 5.74) is 7.14. The van der Waals surface area contributed by atoms with Gasteiger partial charge in [-0.3, -0.25) is 14.4 Å². The molecule has 0 aliphatic carbocycles. The molecule has 29 heavy (non-hydrogen) atoms. The number of hydrogen-bond donors (Lipinski definition) is 3. The summed E-state index contributed by atoms with van der Waals surface area (Å²) in [5, 5.41) is 14.1. The zero-order valence-corrected chi connectivity index (χ0v) is 15.8. The number of carbonyl (C=O) groups excluding carboxylic acids is 3. The molecule has 2 aromatic carbocycles. The maximum atomic E-state index is 13.1. The van der Waals surface area contributed by atoms with Crippen LogP contribution in [-0.2, 0) is 27.2 Å². The van der Waals surface area contributed by atoms with Gasteiger partial charge < -0.3 is 16.4 Å². The largest absolute Gasteiger partial charge is 0.368 e. The molecule has 0 heterocycles. The highest BCUT2D eigenvalue weighted by molar-refractivity contribution is 5.91. The molecule has 0 unspecified atom stereocenters. The monoisotopic (exact) mass is 396 g/mol. The number of carbonyl (C=O) groups is 3. The molecule has 2 atom stereocenters. The molecule has 0 fully saturated rings. The lowest BCUT2D eigenvalue weighted by molar-refractivity contribution is -0.130. The van der Waals surface area contributed by atoms with Crippen molar-refractivity contribution in [2.75, 3.05) is 0 Å². The van der Waals surface area contributed by atoms with Gasteiger partial charge >= 0.3 is 0 Å². The van der Waals surface area contributed by atoms with Crippen LogP contribution in [0.1, 0.15) is 23.6 Å². The van der Waals surface area contributed by atoms with E-state index in [2.05, 4.69) is 10.6 Å². The van der Waals surface area contributed by atoms with Crippen LogP contribution in [0.3, 0.4) is 0 Å². The first kappa shape index (κ1) is 21.6. The summed E-state index contributed by atoms with van der Waals surface area (Å²) >= 11 is 0. The van der Waals surface area contributed by atoms with E-state index in [0.717, 1.165) is 0 Å². The third-order valence-corrected chi connectivity index (χ3v) is 4.20. The fraction of sp³-hybridized carbons (Fsp3) is 0.238. The molecule has 0 spiro atoms. The molecular weight excluding hydrogens is 375 g/mol. The molecule has 0 aliphatic rings. The van der Waals surface area contributed by atoms with Crippen molar-refractivity contribution in [1.82, 2.24) is 10.6 Å². The molecule has 2 rings (SSSR count). The van der Waals surface area contributed by atoms with Crippen molar-refractivity contribution in [3.63, 3.8) is 0 Å². The molecule has 0 aliphatic heterocycles. The fourth-order valence-corrected chi connectivity index (χ4v) is 2.81. The summed E-state index contributed by atoms with van der Waals surface area (Å²) in [6.45, 7) is 1.27. The van der Waals surface area contributed by atoms with Gasteiger partial charge in [-0.2, -0.15) is 5.26 Å². The number of nitriles is 1. The first-order chi connectivity index (χ1) is 13.8. The maximum Gasteiger partial charge on any atom is 0.243 e. The Kier molecular flexibility index (Phi) is 7.43. The summed E-state index contributed by atoms with van der Waals surface area (Å²) in [6.07, 6.45) is 0.209. The lowest BCUT2D eigenvalue weighted by Crippen LogP contribution is -2.54. The van der Waals surface area contributed by atoms with Crippen molar-refractivity contribution in [2.24, 2.45) is 5.73 Å². The first-order valence-corrected chi connectivity index (χ1v) is 8.88. The SMILES string of the molecule is CC(=O)N[C@H](Cc1ccc(F)cc1)C(=O)N[C@H](Cc1cccc(C#N)c1)C(N)=O. The molecule has 150 valence electrons. The second kappa shape index (κ2) is 9.99. The zero-order chi connectivity index (χ0) is 21.4. The van der Waals surface area contributed by atoms with Crippen molar-refractivity contribution in [1.29, 1.82) is 5.26 Å². The summed E-state index contributed by atoms with van der Waals surface area (Å²) in [6, 6.07) is 12.2. The van der Waals surface area contributed by atoms with Crippen molar-refractivity contribution < 1.29 is 18.8 Å². The quantitative estimate of drug-likeness (QED) is 0.614. The molecule has 8 heteroatoms. The van der Waals surface area contributed by atoms with Crippen molar-refractivity contribution >= 4 is 17.7 Å². The standard InChI is InChI=1S/C21H21FN4O3/c1-13(27)25-19(10-14-5-7-17(22)8-6-14)21(29)26-18(20(24)28)11-15-3-2-4-16(9-15)12-23/h2-9,18-19H,10-11H2,1H3,(H2,24,28)(H,25,27)(H,26,29)/t18-,19-/m1/s1. The van der Waals surface area contributed by atoms with Gasteiger partial charge in [-0.1, -0.05) is 24.3 Å². The highest BCUT2D eigenvalue weighted by atomic mass is 19.1. The third-order valence-electron chi connectivity index (χ3n) is 4.20. The van der Waals surface area contributed by atoms with Crippen molar-refractivity contribution in [3.8, 4) is 6.07 Å². The number of primary amides is 1. The average Bonchev–Trinajstić information content (AvgIpc) is 2.68. The number of nitrogens with zero attached hydrogens (tertiary/aromatic N) is 1. The van der Waals surface area contributed by atoms with Gasteiger partial charge in [0.2, 0.25) is 17.7 Å². The van der Waals surface area contributed by atoms with E-state index < -0.39 is 35.6 Å². The van der Waals surface area contributed by atoms with Gasteiger partial charge in [-0.25, -0.2) is 4.39 Å². The van der Waals surface area contributed by atoms with E-state index in [1.807, 2.05) is 6.07 Å². The van der Waals surface area contributed by atoms with E-state index in [-0.39, 0.29) is 12.8 Å². The molecule has 0 aromatic heterocycles. The molecule has 4 N–H and O–H groups in total. The van der Waals surface area contributed by atoms with Crippen LogP contribution >= 0.6 is 0 Å². The van der Waals surface area contributed by atoms with E-state index in [0.29, 0.717) is 16.7 Å². The van der Waals surface area contributed by atoms with E-state index in [1.54, 1.807) is 24.3 Å². The molecule has 2 aromatic rings. The Morgan fingerprint density at radius 1 is 1.03 bits per heavy atom. The highest BCUT2D eigenvalue weighted by Crippen LogP contribution is 2.09. The van der Waals surface area contributed by atoms with Crippen molar-refractivity contribution in [3.05, 3.63) is 71.0 Å². The molecule has 7 nitrogen and oxygen atoms in total. The minimum Gasteiger partial charge on any atom is -0.368 e. The number of nitrogens with two attached hydrogens (primary N) is 1. The summed E-state index contributed by atoms with van der Waals surface area (Å²) in [7, 11) is 0. The zero-order valence-electron chi connectivity index (χ0n) is 15.8. The predicted octanol–water partition coefficient (Wildman–Crippen LogP) is 0.957. The second-order valence-corrected chi connectivity index (χ2v) is 6.56. The molecule has 3 amide bonds. The topological polar surface area (TPSA) is 125 Å². The Labute approximate surface area is 167 Å². The van der Waals surface area contributed by atoms with E-state index in [9.17, 15) is 18.8 Å². The van der Waals surface area contributed by atoms with Crippen LogP contribution in [0.15, 0.2) is 48.5 Å². The minimum absolute atomic E-state index is 0.0972. The van der Waals surface area contributed by atoms with Gasteiger partial charge in [0.05, 0.1) is 11.6 Å². The third kappa shape index (κ3) is 6.74. The van der Waals surface area contributed by atoms with Gasteiger partial charge in [0.1, 0.15) is 17.9 Å². The molecular formula is C21H21FN4O3. The van der Waals surface area contributed by atoms with Crippen molar-refractivity contribution in [2.45, 2.75) is 31.8 Å². The number of nitrogens with one attached hydrogen (secondary N) is 2. The van der Waals surface area contributed by atoms with Gasteiger partial charge in [0.15, 0.2) is 0 Å². The smallest absolute Gasteiger partial charge is 0.243 e. The van der Waals surface area contributed by atoms with Gasteiger partial charge in [0.25, 0.3) is 0 Å². The van der Waals surface area contributed by atoms with Crippen LogP contribution < -0.4 is 16.4 Å². The van der Waals surface area contributed by atoms with Crippen LogP contribution in [0, 0.1) is 17.1 Å². The number of halogens is 1. The lowest BCUT2D eigenvalue weighted by atomic mass is 10.0. The Hall–Kier alpha value is -3.73. The number of rotatable bonds is 8. The molecule has 0 radical (unpaired) electrons. The van der Waals surface area contributed by atoms with Crippen LogP contribution in [-0.4, -0.2) is 29.8 Å².